The van der Waals surface area contributed by atoms with E-state index in [1.165, 1.54) is 6.07 Å². The van der Waals surface area contributed by atoms with Crippen LogP contribution in [0.5, 0.6) is 11.5 Å². The molecule has 0 radical (unpaired) electrons. The van der Waals surface area contributed by atoms with Gasteiger partial charge in [0.05, 0.1) is 22.0 Å². The molecule has 45 heavy (non-hydrogen) atoms. The van der Waals surface area contributed by atoms with E-state index in [2.05, 4.69) is 5.32 Å². The summed E-state index contributed by atoms with van der Waals surface area (Å²) in [4.78, 5) is 30.1. The van der Waals surface area contributed by atoms with E-state index < -0.39 is 49.1 Å². The van der Waals surface area contributed by atoms with E-state index in [0.29, 0.717) is 61.2 Å². The predicted octanol–water partition coefficient (Wildman–Crippen LogP) is 3.76. The molecule has 0 amide bonds. The zero-order valence-electron chi connectivity index (χ0n) is 24.5. The Hall–Kier alpha value is -4.43. The zero-order chi connectivity index (χ0) is 32.6. The van der Waals surface area contributed by atoms with E-state index in [9.17, 15) is 36.4 Å². The molecule has 3 heterocycles. The normalized spacial score (nSPS) is 17.9. The first-order valence-electron chi connectivity index (χ1n) is 13.7. The second-order valence-electron chi connectivity index (χ2n) is 12.2. The van der Waals surface area contributed by atoms with E-state index in [1.54, 1.807) is 82.3 Å². The van der Waals surface area contributed by atoms with Gasteiger partial charge in [0.25, 0.3) is 15.2 Å². The first kappa shape index (κ1) is 30.6. The average molecular weight is 649 g/mol. The maximum atomic E-state index is 12.9. The molecule has 4 N–H and O–H groups in total. The molecule has 1 atom stereocenters. The molecular weight excluding hydrogens is 620 g/mol. The number of nitrogens with zero attached hydrogens (tertiary/aromatic N) is 1. The van der Waals surface area contributed by atoms with Crippen molar-refractivity contribution in [3.8, 4) is 11.5 Å². The summed E-state index contributed by atoms with van der Waals surface area (Å²) < 4.78 is 61.8. The minimum atomic E-state index is -4.43. The monoisotopic (exact) mass is 648 g/mol. The summed E-state index contributed by atoms with van der Waals surface area (Å²) in [5.74, 6) is -1.22. The van der Waals surface area contributed by atoms with Crippen molar-refractivity contribution in [1.29, 1.82) is 0 Å². The van der Waals surface area contributed by atoms with Gasteiger partial charge in [0, 0.05) is 50.9 Å². The molecule has 0 bridgehead atoms. The second kappa shape index (κ2) is 10.3. The lowest BCUT2D eigenvalue weighted by Crippen LogP contribution is -2.34. The number of aromatic carboxylic acids is 1. The number of hydrogen-bond acceptors (Lipinski definition) is 8. The molecule has 0 aliphatic carbocycles. The molecule has 3 aliphatic heterocycles. The highest BCUT2D eigenvalue weighted by molar-refractivity contribution is 7.96. The van der Waals surface area contributed by atoms with Crippen LogP contribution in [0, 0.1) is 0 Å². The van der Waals surface area contributed by atoms with Gasteiger partial charge in [-0.05, 0) is 63.1 Å². The summed E-state index contributed by atoms with van der Waals surface area (Å²) in [6, 6.07) is 12.9. The number of ether oxygens (including phenoxy) is 1. The lowest BCUT2D eigenvalue weighted by molar-refractivity contribution is -0.107. The Bertz CT molecular complexity index is 2200. The highest BCUT2D eigenvalue weighted by Crippen LogP contribution is 2.45. The Kier molecular flexibility index (Phi) is 7.01. The molecular formula is C32H28N2O9S2. The van der Waals surface area contributed by atoms with Crippen molar-refractivity contribution in [3.05, 3.63) is 99.1 Å². The van der Waals surface area contributed by atoms with Crippen LogP contribution in [-0.2, 0) is 26.0 Å². The number of hydrogen-bond donors (Lipinski definition) is 4. The van der Waals surface area contributed by atoms with Crippen LogP contribution in [0.1, 0.15) is 60.3 Å². The molecule has 3 aliphatic rings. The summed E-state index contributed by atoms with van der Waals surface area (Å²) in [6.45, 7) is 7.18. The Labute approximate surface area is 260 Å². The lowest BCUT2D eigenvalue weighted by Gasteiger charge is -2.33. The molecule has 0 saturated carbocycles. The van der Waals surface area contributed by atoms with Crippen LogP contribution >= 0.6 is 0 Å². The van der Waals surface area contributed by atoms with E-state index in [-0.39, 0.29) is 11.1 Å². The Balaban J connectivity index is 1.74. The van der Waals surface area contributed by atoms with Crippen LogP contribution in [0.25, 0.3) is 16.7 Å². The summed E-state index contributed by atoms with van der Waals surface area (Å²) in [5.41, 5.74) is 1.05. The van der Waals surface area contributed by atoms with Gasteiger partial charge < -0.3 is 15.2 Å². The van der Waals surface area contributed by atoms with Gasteiger partial charge in [0.2, 0.25) is 11.1 Å². The van der Waals surface area contributed by atoms with Crippen molar-refractivity contribution in [2.24, 2.45) is 4.99 Å². The smallest absolute Gasteiger partial charge is 0.336 e. The minimum Gasteiger partial charge on any atom is -0.478 e. The third kappa shape index (κ3) is 5.63. The topological polar surface area (TPSA) is 180 Å². The van der Waals surface area contributed by atoms with Gasteiger partial charge in [0.15, 0.2) is 0 Å². The standard InChI is InChI=1S/C32H28N2O9S2/c1-31(2)13-16(15-45(40,41)42)19-9-21-26(11-24(19)33-31)43-27-12-25-20(23(30(37)44(38)39)14-32(3,4)34-25)10-22(27)28(21)17-7-5-6-8-18(17)29(35)36/h5-14,34H,15H2,1-4H3,(H,35,36)(H,38,39)(H,40,41,42). The number of carboxylic acids is 1. The number of fused-ring (bicyclic) bond motifs is 4. The minimum absolute atomic E-state index is 0.0129. The average Bonchev–Trinajstić information content (AvgIpc) is 2.91. The van der Waals surface area contributed by atoms with Gasteiger partial charge in [-0.25, -0.2) is 9.00 Å². The third-order valence-electron chi connectivity index (χ3n) is 7.65. The first-order valence-corrected chi connectivity index (χ1v) is 16.5. The fourth-order valence-corrected chi connectivity index (χ4v) is 7.06. The molecule has 1 unspecified atom stereocenters. The number of anilines is 1. The summed E-state index contributed by atoms with van der Waals surface area (Å²) in [7, 11) is -4.43. The van der Waals surface area contributed by atoms with Gasteiger partial charge in [-0.2, -0.15) is 8.42 Å². The van der Waals surface area contributed by atoms with E-state index in [0.717, 1.165) is 0 Å². The molecule has 0 spiro atoms. The molecule has 0 fully saturated rings. The maximum absolute atomic E-state index is 12.9. The molecule has 11 nitrogen and oxygen atoms in total. The molecule has 232 valence electrons. The summed E-state index contributed by atoms with van der Waals surface area (Å²) >= 11 is -2.80. The number of carbonyl (C=O) groups is 2. The molecule has 0 aromatic heterocycles. The van der Waals surface area contributed by atoms with E-state index in [4.69, 9.17) is 9.73 Å². The van der Waals surface area contributed by atoms with Crippen molar-refractivity contribution in [2.45, 2.75) is 38.8 Å². The second-order valence-corrected chi connectivity index (χ2v) is 14.5. The van der Waals surface area contributed by atoms with E-state index >= 15 is 0 Å². The number of carboxylic acid groups (broad SMARTS) is 1. The van der Waals surface area contributed by atoms with Crippen LogP contribution in [-0.4, -0.2) is 54.8 Å². The van der Waals surface area contributed by atoms with Gasteiger partial charge in [-0.15, -0.1) is 0 Å². The van der Waals surface area contributed by atoms with Crippen LogP contribution in [0.4, 0.5) is 5.69 Å². The Morgan fingerprint density at radius 2 is 1.67 bits per heavy atom. The molecule has 3 aromatic carbocycles. The summed E-state index contributed by atoms with van der Waals surface area (Å²) in [6.07, 6.45) is 3.21. The molecule has 3 aromatic rings. The quantitative estimate of drug-likeness (QED) is 0.184. The maximum Gasteiger partial charge on any atom is 0.336 e. The Morgan fingerprint density at radius 3 is 2.33 bits per heavy atom. The third-order valence-corrected chi connectivity index (χ3v) is 8.87. The van der Waals surface area contributed by atoms with Gasteiger partial charge in [-0.1, -0.05) is 24.3 Å². The fourth-order valence-electron chi connectivity index (χ4n) is 6.07. The number of rotatable bonds is 5. The molecule has 6 rings (SSSR count). The van der Waals surface area contributed by atoms with Gasteiger partial charge in [-0.3, -0.25) is 18.9 Å². The highest BCUT2D eigenvalue weighted by Gasteiger charge is 2.34. The summed E-state index contributed by atoms with van der Waals surface area (Å²) in [5, 5.41) is 13.3. The largest absolute Gasteiger partial charge is 0.478 e. The SMILES string of the molecule is CC1(C)C=C(CS(=O)(=O)O)c2cc3c(cc2=N1)Oc1cc2c(cc1C=3c1ccccc1C(=O)O)C(C(=O)S(=O)O)=CC(C)(C)N2. The van der Waals surface area contributed by atoms with Crippen molar-refractivity contribution in [2.75, 3.05) is 11.1 Å². The van der Waals surface area contributed by atoms with Crippen molar-refractivity contribution in [3.63, 3.8) is 0 Å². The zero-order valence-corrected chi connectivity index (χ0v) is 26.2. The lowest BCUT2D eigenvalue weighted by atomic mass is 9.84. The molecule has 13 heteroatoms. The molecule has 0 saturated heterocycles. The van der Waals surface area contributed by atoms with Crippen LogP contribution in [0.15, 0.2) is 65.7 Å². The Morgan fingerprint density at radius 1 is 0.956 bits per heavy atom. The van der Waals surface area contributed by atoms with E-state index in [1.807, 2.05) is 0 Å². The van der Waals surface area contributed by atoms with Crippen LogP contribution in [0.2, 0.25) is 0 Å². The number of carbonyl (C=O) groups excluding carboxylic acids is 1. The highest BCUT2D eigenvalue weighted by atomic mass is 32.2. The van der Waals surface area contributed by atoms with Crippen LogP contribution in [0.3, 0.4) is 0 Å². The van der Waals surface area contributed by atoms with Crippen molar-refractivity contribution < 1.29 is 41.2 Å². The van der Waals surface area contributed by atoms with Crippen molar-refractivity contribution >= 4 is 54.7 Å². The number of nitrogens with one attached hydrogen (secondary N) is 1. The van der Waals surface area contributed by atoms with Gasteiger partial charge >= 0.3 is 5.97 Å². The van der Waals surface area contributed by atoms with Gasteiger partial charge in [0.1, 0.15) is 17.3 Å². The van der Waals surface area contributed by atoms with Crippen LogP contribution < -0.4 is 20.6 Å². The fraction of sp³-hybridized carbons (Fsp3) is 0.219. The first-order chi connectivity index (χ1) is 20.9. The van der Waals surface area contributed by atoms with Crippen molar-refractivity contribution in [1.82, 2.24) is 0 Å². The number of benzene rings is 3. The predicted molar refractivity (Wildman–Crippen MR) is 169 cm³/mol.